The van der Waals surface area contributed by atoms with E-state index in [2.05, 4.69) is 5.32 Å². The van der Waals surface area contributed by atoms with E-state index in [1.54, 1.807) is 4.90 Å². The van der Waals surface area contributed by atoms with Gasteiger partial charge in [0.15, 0.2) is 0 Å². The smallest absolute Gasteiger partial charge is 0.240 e. The molecule has 0 saturated carbocycles. The van der Waals surface area contributed by atoms with Crippen molar-refractivity contribution in [2.45, 2.75) is 12.5 Å². The van der Waals surface area contributed by atoms with Gasteiger partial charge in [0.1, 0.15) is 6.54 Å². The Morgan fingerprint density at radius 3 is 3.00 bits per heavy atom. The molecule has 1 fully saturated rings. The van der Waals surface area contributed by atoms with Crippen molar-refractivity contribution in [3.8, 4) is 0 Å². The molecule has 4 heteroatoms. The van der Waals surface area contributed by atoms with E-state index in [9.17, 15) is 9.59 Å². The summed E-state index contributed by atoms with van der Waals surface area (Å²) in [6, 6.07) is -0.0596. The molecule has 2 aliphatic heterocycles. The van der Waals surface area contributed by atoms with Gasteiger partial charge in [-0.15, -0.1) is 0 Å². The van der Waals surface area contributed by atoms with Gasteiger partial charge in [0.05, 0.1) is 12.5 Å². The van der Waals surface area contributed by atoms with Gasteiger partial charge in [-0.1, -0.05) is 24.3 Å². The van der Waals surface area contributed by atoms with Gasteiger partial charge >= 0.3 is 0 Å². The van der Waals surface area contributed by atoms with E-state index >= 15 is 0 Å². The third-order valence-corrected chi connectivity index (χ3v) is 2.92. The highest BCUT2D eigenvalue weighted by Gasteiger charge is 2.38. The van der Waals surface area contributed by atoms with Gasteiger partial charge in [0.2, 0.25) is 11.8 Å². The summed E-state index contributed by atoms with van der Waals surface area (Å²) in [5, 5.41) is 2.87. The summed E-state index contributed by atoms with van der Waals surface area (Å²) in [6.45, 7) is 0.163. The summed E-state index contributed by atoms with van der Waals surface area (Å²) in [5.74, 6) is -0.0586. The Bertz CT molecular complexity index is 446. The lowest BCUT2D eigenvalue weighted by molar-refractivity contribution is -0.138. The summed E-state index contributed by atoms with van der Waals surface area (Å²) in [5.41, 5.74) is 2.03. The highest BCUT2D eigenvalue weighted by Crippen LogP contribution is 2.31. The minimum Gasteiger partial charge on any atom is -0.344 e. The Morgan fingerprint density at radius 1 is 1.33 bits per heavy atom. The summed E-state index contributed by atoms with van der Waals surface area (Å²) in [7, 11) is 0. The topological polar surface area (TPSA) is 49.4 Å². The van der Waals surface area contributed by atoms with Crippen LogP contribution in [0.3, 0.4) is 0 Å². The molecule has 0 radical (unpaired) electrons. The monoisotopic (exact) mass is 202 g/mol. The number of carbonyl (C=O) groups is 2. The fourth-order valence-electron chi connectivity index (χ4n) is 2.14. The van der Waals surface area contributed by atoms with Crippen LogP contribution in [0.4, 0.5) is 0 Å². The molecule has 0 bridgehead atoms. The van der Waals surface area contributed by atoms with E-state index < -0.39 is 0 Å². The van der Waals surface area contributed by atoms with E-state index in [0.717, 1.165) is 11.3 Å². The van der Waals surface area contributed by atoms with Crippen LogP contribution in [0.25, 0.3) is 0 Å². The molecule has 1 atom stereocenters. The summed E-state index contributed by atoms with van der Waals surface area (Å²) < 4.78 is 0. The average molecular weight is 202 g/mol. The molecule has 0 aromatic carbocycles. The van der Waals surface area contributed by atoms with Gasteiger partial charge in [0.25, 0.3) is 0 Å². The number of hydrogen-bond donors (Lipinski definition) is 1. The second kappa shape index (κ2) is 2.82. The fourth-order valence-corrected chi connectivity index (χ4v) is 2.14. The Hall–Kier alpha value is -1.84. The lowest BCUT2D eigenvalue weighted by Crippen LogP contribution is -2.45. The van der Waals surface area contributed by atoms with E-state index in [1.807, 2.05) is 24.3 Å². The van der Waals surface area contributed by atoms with Crippen molar-refractivity contribution in [1.29, 1.82) is 0 Å². The molecule has 76 valence electrons. The fraction of sp³-hybridized carbons (Fsp3) is 0.273. The van der Waals surface area contributed by atoms with Crippen LogP contribution in [0.2, 0.25) is 0 Å². The Morgan fingerprint density at radius 2 is 2.20 bits per heavy atom. The molecule has 1 aliphatic carbocycles. The first-order valence-electron chi connectivity index (χ1n) is 4.93. The van der Waals surface area contributed by atoms with E-state index in [0.29, 0.717) is 6.42 Å². The molecule has 3 rings (SSSR count). The van der Waals surface area contributed by atoms with Crippen LogP contribution >= 0.6 is 0 Å². The summed E-state index contributed by atoms with van der Waals surface area (Å²) in [4.78, 5) is 24.4. The SMILES string of the molecule is O=C1CN2C(=O)CC2=C2C=CC=CC2N1. The maximum absolute atomic E-state index is 11.5. The van der Waals surface area contributed by atoms with Gasteiger partial charge in [-0.25, -0.2) is 0 Å². The number of allylic oxidation sites excluding steroid dienone is 2. The lowest BCUT2D eigenvalue weighted by atomic mass is 9.95. The maximum Gasteiger partial charge on any atom is 0.240 e. The van der Waals surface area contributed by atoms with Crippen molar-refractivity contribution in [2.24, 2.45) is 0 Å². The lowest BCUT2D eigenvalue weighted by Gasteiger charge is -2.33. The number of nitrogens with zero attached hydrogens (tertiary/aromatic N) is 1. The number of β-lactam (4-membered cyclic amide) rings is 1. The highest BCUT2D eigenvalue weighted by molar-refractivity contribution is 5.94. The third kappa shape index (κ3) is 1.14. The minimum atomic E-state index is -0.0968. The first-order chi connectivity index (χ1) is 7.25. The highest BCUT2D eigenvalue weighted by atomic mass is 16.2. The molecule has 3 aliphatic rings. The van der Waals surface area contributed by atoms with Gasteiger partial charge in [0, 0.05) is 5.70 Å². The molecule has 0 aromatic heterocycles. The number of carbonyl (C=O) groups excluding carboxylic acids is 2. The van der Waals surface area contributed by atoms with Gasteiger partial charge in [-0.3, -0.25) is 9.59 Å². The van der Waals surface area contributed by atoms with Crippen LogP contribution in [0, 0.1) is 0 Å². The molecular weight excluding hydrogens is 192 g/mol. The summed E-state index contributed by atoms with van der Waals surface area (Å²) in [6.07, 6.45) is 8.19. The second-order valence-electron chi connectivity index (χ2n) is 3.85. The van der Waals surface area contributed by atoms with Crippen LogP contribution in [0.5, 0.6) is 0 Å². The largest absolute Gasteiger partial charge is 0.344 e. The summed E-state index contributed by atoms with van der Waals surface area (Å²) >= 11 is 0. The molecule has 1 saturated heterocycles. The Labute approximate surface area is 86.9 Å². The number of nitrogens with one attached hydrogen (secondary N) is 1. The van der Waals surface area contributed by atoms with Crippen LogP contribution in [-0.2, 0) is 9.59 Å². The van der Waals surface area contributed by atoms with Crippen molar-refractivity contribution in [1.82, 2.24) is 10.2 Å². The van der Waals surface area contributed by atoms with Gasteiger partial charge in [-0.05, 0) is 5.57 Å². The van der Waals surface area contributed by atoms with Crippen LogP contribution in [0.15, 0.2) is 35.6 Å². The number of rotatable bonds is 0. The molecule has 2 amide bonds. The van der Waals surface area contributed by atoms with Crippen molar-refractivity contribution >= 4 is 11.8 Å². The normalized spacial score (nSPS) is 28.0. The Kier molecular flexibility index (Phi) is 1.59. The van der Waals surface area contributed by atoms with Gasteiger partial charge < -0.3 is 10.2 Å². The van der Waals surface area contributed by atoms with E-state index in [1.165, 1.54) is 0 Å². The minimum absolute atomic E-state index is 0.0382. The van der Waals surface area contributed by atoms with Gasteiger partial charge in [-0.2, -0.15) is 0 Å². The molecule has 1 N–H and O–H groups in total. The molecular formula is C11H10N2O2. The first-order valence-corrected chi connectivity index (χ1v) is 4.93. The second-order valence-corrected chi connectivity index (χ2v) is 3.85. The van der Waals surface area contributed by atoms with E-state index in [4.69, 9.17) is 0 Å². The van der Waals surface area contributed by atoms with Crippen molar-refractivity contribution in [3.05, 3.63) is 35.6 Å². The predicted molar refractivity (Wildman–Crippen MR) is 53.6 cm³/mol. The maximum atomic E-state index is 11.5. The van der Waals surface area contributed by atoms with Crippen LogP contribution < -0.4 is 5.32 Å². The number of fused-ring (bicyclic) bond motifs is 2. The molecule has 0 spiro atoms. The Balaban J connectivity index is 2.06. The number of amides is 2. The van der Waals surface area contributed by atoms with E-state index in [-0.39, 0.29) is 24.4 Å². The van der Waals surface area contributed by atoms with Crippen molar-refractivity contribution < 1.29 is 9.59 Å². The standard InChI is InChI=1S/C11H10N2O2/c14-10-6-13-9(5-11(13)15)7-3-1-2-4-8(7)12-10/h1-4,8H,5-6H2,(H,12,14). The van der Waals surface area contributed by atoms with Crippen LogP contribution in [-0.4, -0.2) is 29.3 Å². The quantitative estimate of drug-likeness (QED) is 0.566. The molecule has 4 nitrogen and oxygen atoms in total. The predicted octanol–water partition coefficient (Wildman–Crippen LogP) is 0.0972. The van der Waals surface area contributed by atoms with Crippen molar-refractivity contribution in [3.63, 3.8) is 0 Å². The van der Waals surface area contributed by atoms with Crippen LogP contribution in [0.1, 0.15) is 6.42 Å². The zero-order valence-electron chi connectivity index (χ0n) is 8.06. The first kappa shape index (κ1) is 8.47. The zero-order chi connectivity index (χ0) is 10.4. The zero-order valence-corrected chi connectivity index (χ0v) is 8.06. The molecule has 0 aromatic rings. The molecule has 2 heterocycles. The molecule has 15 heavy (non-hydrogen) atoms. The molecule has 1 unspecified atom stereocenters. The van der Waals surface area contributed by atoms with Crippen molar-refractivity contribution in [2.75, 3.05) is 6.54 Å². The number of hydrogen-bond acceptors (Lipinski definition) is 2. The third-order valence-electron chi connectivity index (χ3n) is 2.92. The average Bonchev–Trinajstić information content (AvgIpc) is 2.34.